The second kappa shape index (κ2) is 4.85. The van der Waals surface area contributed by atoms with Crippen molar-refractivity contribution in [3.63, 3.8) is 0 Å². The van der Waals surface area contributed by atoms with Crippen LogP contribution < -0.4 is 5.32 Å². The molecule has 0 fully saturated rings. The highest BCUT2D eigenvalue weighted by Gasteiger charge is 2.21. The van der Waals surface area contributed by atoms with E-state index in [0.29, 0.717) is 23.9 Å². The molecule has 2 heterocycles. The number of aromatic nitrogens is 5. The van der Waals surface area contributed by atoms with Crippen LogP contribution in [0, 0.1) is 5.92 Å². The Bertz CT molecular complexity index is 521. The van der Waals surface area contributed by atoms with Gasteiger partial charge in [0.25, 0.3) is 0 Å². The molecule has 0 aromatic carbocycles. The van der Waals surface area contributed by atoms with Gasteiger partial charge in [0.15, 0.2) is 5.65 Å². The Morgan fingerprint density at radius 2 is 2.22 bits per heavy atom. The lowest BCUT2D eigenvalue weighted by Gasteiger charge is -2.25. The van der Waals surface area contributed by atoms with Crippen LogP contribution in [0.25, 0.3) is 5.65 Å². The van der Waals surface area contributed by atoms with E-state index in [1.54, 1.807) is 12.1 Å². The third-order valence-corrected chi connectivity index (χ3v) is 2.57. The maximum Gasteiger partial charge on any atom is 0.200 e. The van der Waals surface area contributed by atoms with Crippen LogP contribution in [0.15, 0.2) is 12.1 Å². The van der Waals surface area contributed by atoms with Gasteiger partial charge in [-0.1, -0.05) is 13.8 Å². The molecule has 7 heteroatoms. The molecule has 98 valence electrons. The maximum atomic E-state index is 10.2. The fourth-order valence-corrected chi connectivity index (χ4v) is 1.98. The van der Waals surface area contributed by atoms with E-state index in [4.69, 9.17) is 0 Å². The summed E-state index contributed by atoms with van der Waals surface area (Å²) in [5, 5.41) is 28.5. The molecule has 2 rings (SSSR count). The van der Waals surface area contributed by atoms with E-state index in [1.165, 1.54) is 4.63 Å². The summed E-state index contributed by atoms with van der Waals surface area (Å²) < 4.78 is 1.35. The first-order chi connectivity index (χ1) is 8.46. The second-order valence-electron chi connectivity index (χ2n) is 5.19. The Kier molecular flexibility index (Phi) is 3.42. The fourth-order valence-electron chi connectivity index (χ4n) is 1.98. The molecule has 2 aromatic heterocycles. The first kappa shape index (κ1) is 12.7. The van der Waals surface area contributed by atoms with Crippen LogP contribution in [-0.4, -0.2) is 42.5 Å². The summed E-state index contributed by atoms with van der Waals surface area (Å²) in [6.45, 7) is 6.42. The standard InChI is InChI=1S/C11H18N6O/c1-8(2)6-11(3,18)7-12-9-4-5-10-13-15-16-17(10)14-9/h4-5,8,18H,6-7H2,1-3H3,(H,12,14). The Morgan fingerprint density at radius 1 is 1.44 bits per heavy atom. The average Bonchev–Trinajstić information content (AvgIpc) is 2.71. The van der Waals surface area contributed by atoms with E-state index in [9.17, 15) is 5.11 Å². The lowest BCUT2D eigenvalue weighted by Crippen LogP contribution is -2.35. The molecule has 0 spiro atoms. The molecule has 0 aliphatic heterocycles. The summed E-state index contributed by atoms with van der Waals surface area (Å²) in [5.74, 6) is 1.08. The van der Waals surface area contributed by atoms with E-state index in [0.717, 1.165) is 6.42 Å². The first-order valence-corrected chi connectivity index (χ1v) is 5.98. The van der Waals surface area contributed by atoms with E-state index < -0.39 is 5.60 Å². The molecular weight excluding hydrogens is 232 g/mol. The van der Waals surface area contributed by atoms with E-state index in [1.807, 2.05) is 6.92 Å². The Hall–Kier alpha value is -1.76. The Balaban J connectivity index is 2.00. The third-order valence-electron chi connectivity index (χ3n) is 2.57. The van der Waals surface area contributed by atoms with Gasteiger partial charge >= 0.3 is 0 Å². The minimum atomic E-state index is -0.759. The lowest BCUT2D eigenvalue weighted by atomic mass is 9.94. The quantitative estimate of drug-likeness (QED) is 0.813. The highest BCUT2D eigenvalue weighted by atomic mass is 16.3. The number of hydrogen-bond donors (Lipinski definition) is 2. The van der Waals surface area contributed by atoms with Crippen LogP contribution in [-0.2, 0) is 0 Å². The van der Waals surface area contributed by atoms with Crippen LogP contribution in [0.2, 0.25) is 0 Å². The van der Waals surface area contributed by atoms with Gasteiger partial charge < -0.3 is 10.4 Å². The van der Waals surface area contributed by atoms with Crippen molar-refractivity contribution < 1.29 is 5.11 Å². The fraction of sp³-hybridized carbons (Fsp3) is 0.636. The van der Waals surface area contributed by atoms with Crippen LogP contribution in [0.5, 0.6) is 0 Å². The number of anilines is 1. The van der Waals surface area contributed by atoms with Gasteiger partial charge in [-0.2, -0.15) is 0 Å². The number of fused-ring (bicyclic) bond motifs is 1. The number of hydrogen-bond acceptors (Lipinski definition) is 6. The molecule has 1 atom stereocenters. The molecule has 2 N–H and O–H groups in total. The van der Waals surface area contributed by atoms with Gasteiger partial charge in [0.05, 0.1) is 5.60 Å². The van der Waals surface area contributed by atoms with Gasteiger partial charge in [0.2, 0.25) is 0 Å². The Morgan fingerprint density at radius 3 is 2.94 bits per heavy atom. The summed E-state index contributed by atoms with van der Waals surface area (Å²) in [6.07, 6.45) is 0.729. The van der Waals surface area contributed by atoms with Gasteiger partial charge in [-0.15, -0.1) is 14.8 Å². The van der Waals surface area contributed by atoms with Crippen LogP contribution >= 0.6 is 0 Å². The topological polar surface area (TPSA) is 88.2 Å². The first-order valence-electron chi connectivity index (χ1n) is 5.98. The predicted molar refractivity (Wildman–Crippen MR) is 67.1 cm³/mol. The Labute approximate surface area is 105 Å². The summed E-state index contributed by atoms with van der Waals surface area (Å²) in [4.78, 5) is 0. The monoisotopic (exact) mass is 250 g/mol. The van der Waals surface area contributed by atoms with Crippen molar-refractivity contribution in [2.45, 2.75) is 32.8 Å². The summed E-state index contributed by atoms with van der Waals surface area (Å²) in [6, 6.07) is 3.56. The molecule has 18 heavy (non-hydrogen) atoms. The van der Waals surface area contributed by atoms with Gasteiger partial charge in [-0.3, -0.25) is 0 Å². The lowest BCUT2D eigenvalue weighted by molar-refractivity contribution is 0.0514. The van der Waals surface area contributed by atoms with Crippen molar-refractivity contribution in [1.29, 1.82) is 0 Å². The van der Waals surface area contributed by atoms with Crippen molar-refractivity contribution in [1.82, 2.24) is 25.3 Å². The summed E-state index contributed by atoms with van der Waals surface area (Å²) in [7, 11) is 0. The molecule has 2 aromatic rings. The highest BCUT2D eigenvalue weighted by Crippen LogP contribution is 2.16. The second-order valence-corrected chi connectivity index (χ2v) is 5.19. The highest BCUT2D eigenvalue weighted by molar-refractivity contribution is 5.42. The number of nitrogens with one attached hydrogen (secondary N) is 1. The zero-order valence-corrected chi connectivity index (χ0v) is 10.8. The van der Waals surface area contributed by atoms with Gasteiger partial charge in [0, 0.05) is 6.54 Å². The van der Waals surface area contributed by atoms with Crippen molar-refractivity contribution in [3.8, 4) is 0 Å². The van der Waals surface area contributed by atoms with Crippen molar-refractivity contribution in [2.24, 2.45) is 5.92 Å². The largest absolute Gasteiger partial charge is 0.388 e. The van der Waals surface area contributed by atoms with Crippen molar-refractivity contribution in [2.75, 3.05) is 11.9 Å². The normalized spacial score (nSPS) is 14.9. The van der Waals surface area contributed by atoms with Gasteiger partial charge in [-0.05, 0) is 41.8 Å². The summed E-state index contributed by atoms with van der Waals surface area (Å²) in [5.41, 5.74) is -0.166. The molecule has 0 radical (unpaired) electrons. The predicted octanol–water partition coefficient (Wildman–Crippen LogP) is 0.728. The molecule has 1 unspecified atom stereocenters. The molecule has 0 saturated heterocycles. The minimum absolute atomic E-state index is 0.436. The zero-order chi connectivity index (χ0) is 13.2. The number of rotatable bonds is 5. The molecule has 7 nitrogen and oxygen atoms in total. The average molecular weight is 250 g/mol. The third kappa shape index (κ3) is 3.13. The SMILES string of the molecule is CC(C)CC(C)(O)CNc1ccc2nnnn2n1. The smallest absolute Gasteiger partial charge is 0.200 e. The molecule has 0 bridgehead atoms. The zero-order valence-electron chi connectivity index (χ0n) is 10.8. The molecule has 0 aliphatic carbocycles. The van der Waals surface area contributed by atoms with Crippen molar-refractivity contribution >= 4 is 11.5 Å². The molecule has 0 aliphatic rings. The molecular formula is C11H18N6O. The number of aliphatic hydroxyl groups is 1. The van der Waals surface area contributed by atoms with E-state index in [2.05, 4.69) is 39.8 Å². The summed E-state index contributed by atoms with van der Waals surface area (Å²) >= 11 is 0. The van der Waals surface area contributed by atoms with Crippen LogP contribution in [0.3, 0.4) is 0 Å². The van der Waals surface area contributed by atoms with Crippen molar-refractivity contribution in [3.05, 3.63) is 12.1 Å². The van der Waals surface area contributed by atoms with Gasteiger partial charge in [-0.25, -0.2) is 0 Å². The minimum Gasteiger partial charge on any atom is -0.388 e. The number of nitrogens with zero attached hydrogens (tertiary/aromatic N) is 5. The molecule has 0 saturated carbocycles. The van der Waals surface area contributed by atoms with Gasteiger partial charge in [0.1, 0.15) is 5.82 Å². The van der Waals surface area contributed by atoms with Crippen LogP contribution in [0.1, 0.15) is 27.2 Å². The molecule has 0 amide bonds. The van der Waals surface area contributed by atoms with E-state index >= 15 is 0 Å². The maximum absolute atomic E-state index is 10.2. The number of tetrazole rings is 1. The van der Waals surface area contributed by atoms with E-state index in [-0.39, 0.29) is 0 Å². The van der Waals surface area contributed by atoms with Crippen LogP contribution in [0.4, 0.5) is 5.82 Å².